The Kier molecular flexibility index (Phi) is 7.92. The van der Waals surface area contributed by atoms with Gasteiger partial charge < -0.3 is 23.7 Å². The molecule has 0 bridgehead atoms. The van der Waals surface area contributed by atoms with E-state index in [1.165, 1.54) is 27.4 Å². The minimum atomic E-state index is -0.729. The number of rotatable bonds is 8. The van der Waals surface area contributed by atoms with Crippen LogP contribution in [-0.2, 0) is 28.5 Å². The molecule has 92 valence electrons. The second kappa shape index (κ2) is 8.75. The fourth-order valence-corrected chi connectivity index (χ4v) is 0.733. The molecule has 0 aromatic heterocycles. The molecule has 0 radical (unpaired) electrons. The average molecular weight is 232 g/mol. The van der Waals surface area contributed by atoms with E-state index in [1.807, 2.05) is 0 Å². The highest BCUT2D eigenvalue weighted by Crippen LogP contribution is 2.03. The van der Waals surface area contributed by atoms with Crippen LogP contribution in [0.1, 0.15) is 0 Å². The van der Waals surface area contributed by atoms with Gasteiger partial charge in [0.1, 0.15) is 0 Å². The summed E-state index contributed by atoms with van der Waals surface area (Å²) >= 11 is 0. The third-order valence-corrected chi connectivity index (χ3v) is 1.51. The monoisotopic (exact) mass is 232 g/mol. The first-order chi connectivity index (χ1) is 7.67. The van der Waals surface area contributed by atoms with Crippen molar-refractivity contribution in [3.05, 3.63) is 24.7 Å². The molecule has 0 aliphatic rings. The van der Waals surface area contributed by atoms with Gasteiger partial charge in [0.2, 0.25) is 0 Å². The van der Waals surface area contributed by atoms with Crippen LogP contribution in [0.5, 0.6) is 0 Å². The lowest BCUT2D eigenvalue weighted by Gasteiger charge is -2.13. The van der Waals surface area contributed by atoms with Crippen LogP contribution < -0.4 is 0 Å². The van der Waals surface area contributed by atoms with E-state index in [0.29, 0.717) is 0 Å². The molecule has 6 nitrogen and oxygen atoms in total. The van der Waals surface area contributed by atoms with E-state index in [2.05, 4.69) is 11.3 Å². The van der Waals surface area contributed by atoms with Gasteiger partial charge in [-0.3, -0.25) is 0 Å². The second-order valence-corrected chi connectivity index (χ2v) is 2.45. The van der Waals surface area contributed by atoms with E-state index < -0.39 is 12.3 Å². The molecule has 0 aliphatic heterocycles. The number of carbonyl (C=O) groups excluding carboxylic acids is 1. The molecule has 0 saturated carbocycles. The van der Waals surface area contributed by atoms with Gasteiger partial charge in [-0.05, 0) is 0 Å². The number of methoxy groups -OCH3 is 3. The van der Waals surface area contributed by atoms with Crippen molar-refractivity contribution >= 4 is 5.97 Å². The van der Waals surface area contributed by atoms with Gasteiger partial charge in [0.15, 0.2) is 13.1 Å². The van der Waals surface area contributed by atoms with Gasteiger partial charge in [0.05, 0.1) is 20.3 Å². The zero-order valence-corrected chi connectivity index (χ0v) is 9.60. The first-order valence-corrected chi connectivity index (χ1v) is 4.41. The van der Waals surface area contributed by atoms with E-state index in [4.69, 9.17) is 18.9 Å². The van der Waals surface area contributed by atoms with Crippen LogP contribution in [0.3, 0.4) is 0 Å². The molecule has 0 fully saturated rings. The zero-order valence-electron chi connectivity index (χ0n) is 9.60. The molecular formula is C10H16O6. The van der Waals surface area contributed by atoms with Crippen molar-refractivity contribution in [2.24, 2.45) is 0 Å². The number of esters is 1. The lowest BCUT2D eigenvalue weighted by Crippen LogP contribution is -2.17. The van der Waals surface area contributed by atoms with Crippen LogP contribution in [0.15, 0.2) is 24.7 Å². The Morgan fingerprint density at radius 3 is 2.38 bits per heavy atom. The van der Waals surface area contributed by atoms with Gasteiger partial charge in [0, 0.05) is 13.2 Å². The van der Waals surface area contributed by atoms with E-state index in [-0.39, 0.29) is 12.7 Å². The van der Waals surface area contributed by atoms with Crippen LogP contribution in [0.25, 0.3) is 0 Å². The smallest absolute Gasteiger partial charge is 0.332 e. The van der Waals surface area contributed by atoms with Crippen molar-refractivity contribution in [3.8, 4) is 0 Å². The fraction of sp³-hybridized carbons (Fsp3) is 0.500. The van der Waals surface area contributed by atoms with Crippen LogP contribution in [0, 0.1) is 0 Å². The highest BCUT2D eigenvalue weighted by molar-refractivity contribution is 5.81. The lowest BCUT2D eigenvalue weighted by molar-refractivity contribution is -0.176. The molecule has 0 aromatic rings. The van der Waals surface area contributed by atoms with Gasteiger partial charge in [-0.15, -0.1) is 0 Å². The Balaban J connectivity index is 4.05. The van der Waals surface area contributed by atoms with Gasteiger partial charge in [-0.1, -0.05) is 6.58 Å². The van der Waals surface area contributed by atoms with Crippen molar-refractivity contribution in [1.82, 2.24) is 0 Å². The summed E-state index contributed by atoms with van der Waals surface area (Å²) in [6.45, 7) is 2.99. The summed E-state index contributed by atoms with van der Waals surface area (Å²) in [4.78, 5) is 10.7. The number of ether oxygens (including phenoxy) is 5. The standard InChI is InChI=1S/C10H16O6/c1-5-8(11)15-7-16-10(14-4)6-9(12-2)13-3/h5-6,10H,1,7H2,2-4H3. The largest absolute Gasteiger partial charge is 0.469 e. The molecule has 0 saturated heterocycles. The number of hydrogen-bond acceptors (Lipinski definition) is 6. The maximum atomic E-state index is 10.7. The highest BCUT2D eigenvalue weighted by atomic mass is 16.8. The number of carbonyl (C=O) groups is 1. The predicted molar refractivity (Wildman–Crippen MR) is 55.1 cm³/mol. The summed E-state index contributed by atoms with van der Waals surface area (Å²) in [7, 11) is 4.32. The topological polar surface area (TPSA) is 63.2 Å². The summed E-state index contributed by atoms with van der Waals surface area (Å²) in [5.74, 6) is -0.334. The van der Waals surface area contributed by atoms with Crippen molar-refractivity contribution in [2.75, 3.05) is 28.1 Å². The Labute approximate surface area is 94.4 Å². The average Bonchev–Trinajstić information content (AvgIpc) is 2.33. The van der Waals surface area contributed by atoms with Crippen molar-refractivity contribution < 1.29 is 28.5 Å². The SMILES string of the molecule is C=CC(=O)OCOC(C=C(OC)OC)OC. The van der Waals surface area contributed by atoms with Gasteiger partial charge in [-0.25, -0.2) is 4.79 Å². The molecule has 0 spiro atoms. The predicted octanol–water partition coefficient (Wildman–Crippen LogP) is 0.796. The van der Waals surface area contributed by atoms with Crippen LogP contribution in [0.4, 0.5) is 0 Å². The quantitative estimate of drug-likeness (QED) is 0.267. The summed E-state index contributed by atoms with van der Waals surface area (Å²) in [5, 5.41) is 0. The summed E-state index contributed by atoms with van der Waals surface area (Å²) < 4.78 is 24.2. The van der Waals surface area contributed by atoms with E-state index in [1.54, 1.807) is 0 Å². The molecule has 0 N–H and O–H groups in total. The summed E-state index contributed by atoms with van der Waals surface area (Å²) in [6.07, 6.45) is 1.76. The third kappa shape index (κ3) is 6.05. The van der Waals surface area contributed by atoms with Crippen molar-refractivity contribution in [3.63, 3.8) is 0 Å². The second-order valence-electron chi connectivity index (χ2n) is 2.45. The molecule has 1 atom stereocenters. The first-order valence-electron chi connectivity index (χ1n) is 4.41. The minimum absolute atomic E-state index is 0.238. The molecule has 0 rings (SSSR count). The zero-order chi connectivity index (χ0) is 12.4. The Morgan fingerprint density at radius 2 is 1.94 bits per heavy atom. The summed E-state index contributed by atoms with van der Waals surface area (Å²) in [6, 6.07) is 0. The molecule has 0 heterocycles. The highest BCUT2D eigenvalue weighted by Gasteiger charge is 2.08. The molecular weight excluding hydrogens is 216 g/mol. The molecule has 0 amide bonds. The van der Waals surface area contributed by atoms with Crippen LogP contribution in [-0.4, -0.2) is 40.4 Å². The minimum Gasteiger partial charge on any atom is -0.469 e. The van der Waals surface area contributed by atoms with Gasteiger partial charge >= 0.3 is 5.97 Å². The maximum Gasteiger partial charge on any atom is 0.332 e. The van der Waals surface area contributed by atoms with Crippen LogP contribution in [0.2, 0.25) is 0 Å². The molecule has 16 heavy (non-hydrogen) atoms. The van der Waals surface area contributed by atoms with E-state index >= 15 is 0 Å². The molecule has 1 unspecified atom stereocenters. The van der Waals surface area contributed by atoms with Crippen LogP contribution >= 0.6 is 0 Å². The van der Waals surface area contributed by atoms with E-state index in [0.717, 1.165) is 6.08 Å². The molecule has 6 heteroatoms. The molecule has 0 aliphatic carbocycles. The lowest BCUT2D eigenvalue weighted by atomic mass is 10.6. The third-order valence-electron chi connectivity index (χ3n) is 1.51. The fourth-order valence-electron chi connectivity index (χ4n) is 0.733. The summed E-state index contributed by atoms with van der Waals surface area (Å²) in [5.41, 5.74) is 0. The normalized spacial score (nSPS) is 11.2. The Morgan fingerprint density at radius 1 is 1.31 bits per heavy atom. The van der Waals surface area contributed by atoms with Crippen molar-refractivity contribution in [1.29, 1.82) is 0 Å². The van der Waals surface area contributed by atoms with E-state index in [9.17, 15) is 4.79 Å². The first kappa shape index (κ1) is 14.5. The Bertz CT molecular complexity index is 242. The number of hydrogen-bond donors (Lipinski definition) is 0. The van der Waals surface area contributed by atoms with Gasteiger partial charge in [-0.2, -0.15) is 0 Å². The van der Waals surface area contributed by atoms with Gasteiger partial charge in [0.25, 0.3) is 5.95 Å². The molecule has 0 aromatic carbocycles. The van der Waals surface area contributed by atoms with Crippen molar-refractivity contribution in [2.45, 2.75) is 6.29 Å². The Hall–Kier alpha value is -1.53. The maximum absolute atomic E-state index is 10.7.